The summed E-state index contributed by atoms with van der Waals surface area (Å²) in [7, 11) is 0. The number of nitrogens with zero attached hydrogens (tertiary/aromatic N) is 8. The molecule has 4 heterocycles. The van der Waals surface area contributed by atoms with Gasteiger partial charge in [0.15, 0.2) is 23.3 Å². The minimum absolute atomic E-state index is 0.531. The van der Waals surface area contributed by atoms with Gasteiger partial charge in [-0.15, -0.1) is 0 Å². The predicted molar refractivity (Wildman–Crippen MR) is 275 cm³/mol. The number of aromatic nitrogens is 8. The van der Waals surface area contributed by atoms with Gasteiger partial charge in [0, 0.05) is 43.8 Å². The zero-order valence-corrected chi connectivity index (χ0v) is 36.5. The molecule has 0 fully saturated rings. The van der Waals surface area contributed by atoms with E-state index in [-0.39, 0.29) is 0 Å². The van der Waals surface area contributed by atoms with Gasteiger partial charge in [-0.1, -0.05) is 206 Å². The third-order valence-electron chi connectivity index (χ3n) is 12.7. The van der Waals surface area contributed by atoms with Crippen molar-refractivity contribution in [2.75, 3.05) is 0 Å². The Bertz CT molecular complexity index is 3720. The smallest absolute Gasteiger partial charge is 0.238 e. The molecule has 0 unspecified atom stereocenters. The summed E-state index contributed by atoms with van der Waals surface area (Å²) in [6, 6.07) is 79.3. The fraction of sp³-hybridized carbons (Fsp3) is 0. The number of fused-ring (bicyclic) bond motifs is 7. The van der Waals surface area contributed by atoms with Gasteiger partial charge in [-0.2, -0.15) is 19.9 Å². The molecule has 0 aliphatic rings. The molecule has 0 saturated heterocycles. The van der Waals surface area contributed by atoms with Crippen LogP contribution in [0.2, 0.25) is 0 Å². The highest BCUT2D eigenvalue weighted by molar-refractivity contribution is 6.28. The highest BCUT2D eigenvalue weighted by atomic mass is 15.2. The van der Waals surface area contributed by atoms with E-state index in [4.69, 9.17) is 29.9 Å². The summed E-state index contributed by atoms with van der Waals surface area (Å²) in [5, 5.41) is 4.31. The lowest BCUT2D eigenvalue weighted by Crippen LogP contribution is -2.07. The van der Waals surface area contributed by atoms with E-state index in [1.165, 1.54) is 0 Å². The molecule has 13 rings (SSSR count). The van der Waals surface area contributed by atoms with Crippen LogP contribution < -0.4 is 0 Å². The molecule has 0 amide bonds. The normalized spacial score (nSPS) is 11.5. The van der Waals surface area contributed by atoms with Crippen LogP contribution in [0.5, 0.6) is 0 Å². The summed E-state index contributed by atoms with van der Waals surface area (Å²) in [5.74, 6) is 3.43. The van der Waals surface area contributed by atoms with Crippen LogP contribution in [0.3, 0.4) is 0 Å². The Morgan fingerprint density at radius 2 is 0.471 bits per heavy atom. The molecule has 0 aliphatic carbocycles. The Hall–Kier alpha value is -9.40. The number of hydrogen-bond acceptors (Lipinski definition) is 6. The molecule has 8 heteroatoms. The van der Waals surface area contributed by atoms with Crippen molar-refractivity contribution in [1.82, 2.24) is 39.0 Å². The lowest BCUT2D eigenvalue weighted by atomic mass is 10.0. The first-order valence-electron chi connectivity index (χ1n) is 22.6. The minimum Gasteiger partial charge on any atom is -0.278 e. The SMILES string of the molecule is c1ccc(-c2ccc(-c3nc(-c4ccccc4)nc(-n4c5ccccc5c5c6c7ccccc7n(-c7nc(-c8ccccc8)nc(-c8ccc(-c9ccccc9)cc8)n7)c6ccc54)n3)cc2)cc1. The third-order valence-corrected chi connectivity index (χ3v) is 12.7. The number of benzene rings is 9. The van der Waals surface area contributed by atoms with Crippen molar-refractivity contribution in [3.05, 3.63) is 231 Å². The average molecular weight is 871 g/mol. The maximum Gasteiger partial charge on any atom is 0.238 e. The highest BCUT2D eigenvalue weighted by Crippen LogP contribution is 2.42. The van der Waals surface area contributed by atoms with E-state index in [0.29, 0.717) is 35.2 Å². The standard InChI is InChI=1S/C60H38N8/c1-5-17-39(18-6-1)41-29-33-45(34-30-41)57-61-55(43-21-9-3-10-22-43)63-59(65-57)67-49-27-15-13-25-47(49)53-51(67)37-38-52-54(53)48-26-14-16-28-50(48)68(52)60-64-56(44-23-11-4-12-24-44)62-58(66-60)46-35-31-42(32-36-46)40-19-7-2-8-20-40/h1-38H. The van der Waals surface area contributed by atoms with Gasteiger partial charge in [0.25, 0.3) is 0 Å². The first-order valence-corrected chi connectivity index (χ1v) is 22.6. The molecule has 0 radical (unpaired) electrons. The molecule has 0 aliphatic heterocycles. The van der Waals surface area contributed by atoms with Crippen molar-refractivity contribution in [3.8, 4) is 79.7 Å². The van der Waals surface area contributed by atoms with Crippen LogP contribution in [0.15, 0.2) is 231 Å². The van der Waals surface area contributed by atoms with Gasteiger partial charge in [0.2, 0.25) is 11.9 Å². The second-order valence-electron chi connectivity index (χ2n) is 16.7. The quantitative estimate of drug-likeness (QED) is 0.151. The predicted octanol–water partition coefficient (Wildman–Crippen LogP) is 14.3. The Labute approximate surface area is 391 Å². The van der Waals surface area contributed by atoms with Crippen molar-refractivity contribution in [2.45, 2.75) is 0 Å². The first kappa shape index (κ1) is 39.0. The fourth-order valence-electron chi connectivity index (χ4n) is 9.45. The lowest BCUT2D eigenvalue weighted by Gasteiger charge is -2.12. The minimum atomic E-state index is 0.531. The average Bonchev–Trinajstić information content (AvgIpc) is 3.95. The van der Waals surface area contributed by atoms with E-state index in [2.05, 4.69) is 167 Å². The van der Waals surface area contributed by atoms with Crippen molar-refractivity contribution in [2.24, 2.45) is 0 Å². The van der Waals surface area contributed by atoms with Crippen LogP contribution in [0.1, 0.15) is 0 Å². The van der Waals surface area contributed by atoms with Crippen LogP contribution in [0.4, 0.5) is 0 Å². The Balaban J connectivity index is 1.03. The number of hydrogen-bond donors (Lipinski definition) is 0. The largest absolute Gasteiger partial charge is 0.278 e. The molecule has 0 bridgehead atoms. The zero-order chi connectivity index (χ0) is 45.0. The third kappa shape index (κ3) is 6.70. The lowest BCUT2D eigenvalue weighted by molar-refractivity contribution is 0.950. The van der Waals surface area contributed by atoms with Crippen LogP contribution in [0, 0.1) is 0 Å². The molecule has 0 atom stereocenters. The summed E-state index contributed by atoms with van der Waals surface area (Å²) in [6.07, 6.45) is 0. The van der Waals surface area contributed by atoms with Gasteiger partial charge < -0.3 is 0 Å². The summed E-state index contributed by atoms with van der Waals surface area (Å²) in [6.45, 7) is 0. The van der Waals surface area contributed by atoms with Crippen molar-refractivity contribution in [3.63, 3.8) is 0 Å². The topological polar surface area (TPSA) is 87.2 Å². The van der Waals surface area contributed by atoms with E-state index in [1.54, 1.807) is 0 Å². The molecule has 0 N–H and O–H groups in total. The summed E-state index contributed by atoms with van der Waals surface area (Å²) in [5.41, 5.74) is 12.1. The van der Waals surface area contributed by atoms with E-state index in [1.807, 2.05) is 72.8 Å². The molecule has 0 spiro atoms. The number of para-hydroxylation sites is 2. The summed E-state index contributed by atoms with van der Waals surface area (Å²) >= 11 is 0. The molecular formula is C60H38N8. The molecule has 13 aromatic rings. The Morgan fingerprint density at radius 1 is 0.206 bits per heavy atom. The Kier molecular flexibility index (Phi) is 9.31. The van der Waals surface area contributed by atoms with E-state index < -0.39 is 0 Å². The molecule has 68 heavy (non-hydrogen) atoms. The second kappa shape index (κ2) is 16.2. The van der Waals surface area contributed by atoms with Gasteiger partial charge >= 0.3 is 0 Å². The first-order chi connectivity index (χ1) is 33.7. The second-order valence-corrected chi connectivity index (χ2v) is 16.7. The molecule has 8 nitrogen and oxygen atoms in total. The van der Waals surface area contributed by atoms with Crippen LogP contribution in [-0.4, -0.2) is 39.0 Å². The van der Waals surface area contributed by atoms with Gasteiger partial charge in [0.05, 0.1) is 22.1 Å². The van der Waals surface area contributed by atoms with Gasteiger partial charge in [-0.3, -0.25) is 9.13 Å². The monoisotopic (exact) mass is 870 g/mol. The van der Waals surface area contributed by atoms with Gasteiger partial charge in [-0.25, -0.2) is 9.97 Å². The maximum absolute atomic E-state index is 5.28. The van der Waals surface area contributed by atoms with Gasteiger partial charge in [0.1, 0.15) is 0 Å². The maximum atomic E-state index is 5.28. The number of rotatable bonds is 8. The van der Waals surface area contributed by atoms with Gasteiger partial charge in [-0.05, 0) is 46.5 Å². The van der Waals surface area contributed by atoms with E-state index in [0.717, 1.165) is 88.1 Å². The fourth-order valence-corrected chi connectivity index (χ4v) is 9.45. The molecule has 318 valence electrons. The Morgan fingerprint density at radius 3 is 0.824 bits per heavy atom. The van der Waals surface area contributed by atoms with Crippen LogP contribution >= 0.6 is 0 Å². The van der Waals surface area contributed by atoms with E-state index >= 15 is 0 Å². The zero-order valence-electron chi connectivity index (χ0n) is 36.5. The molecule has 0 saturated carbocycles. The van der Waals surface area contributed by atoms with Crippen molar-refractivity contribution >= 4 is 43.6 Å². The molecule has 9 aromatic carbocycles. The summed E-state index contributed by atoms with van der Waals surface area (Å²) in [4.78, 5) is 31.2. The summed E-state index contributed by atoms with van der Waals surface area (Å²) < 4.78 is 4.36. The van der Waals surface area contributed by atoms with E-state index in [9.17, 15) is 0 Å². The van der Waals surface area contributed by atoms with Crippen LogP contribution in [-0.2, 0) is 0 Å². The highest BCUT2D eigenvalue weighted by Gasteiger charge is 2.24. The molecule has 4 aromatic heterocycles. The van der Waals surface area contributed by atoms with Crippen LogP contribution in [0.25, 0.3) is 123 Å². The van der Waals surface area contributed by atoms with Crippen molar-refractivity contribution in [1.29, 1.82) is 0 Å². The van der Waals surface area contributed by atoms with Crippen molar-refractivity contribution < 1.29 is 0 Å². The molecular weight excluding hydrogens is 833 g/mol.